The molecule has 2 nitrogen and oxygen atoms in total. The first-order valence-corrected chi connectivity index (χ1v) is 5.18. The summed E-state index contributed by atoms with van der Waals surface area (Å²) in [6.07, 6.45) is 2.69. The molecule has 0 unspecified atom stereocenters. The summed E-state index contributed by atoms with van der Waals surface area (Å²) in [4.78, 5) is 11.6. The van der Waals surface area contributed by atoms with Crippen molar-refractivity contribution in [2.75, 3.05) is 6.61 Å². The summed E-state index contributed by atoms with van der Waals surface area (Å²) in [5.74, 6) is -0.204. The predicted octanol–water partition coefficient (Wildman–Crippen LogP) is 3.73. The highest BCUT2D eigenvalue weighted by molar-refractivity contribution is 6.37. The lowest BCUT2D eigenvalue weighted by atomic mass is 10.1. The number of hydrogen-bond donors (Lipinski definition) is 0. The third-order valence-electron chi connectivity index (χ3n) is 1.68. The number of carbonyl (C=O) groups is 1. The minimum Gasteiger partial charge on any atom is -0.501 e. The summed E-state index contributed by atoms with van der Waals surface area (Å²) in [7, 11) is 0. The smallest absolute Gasteiger partial charge is 0.190 e. The van der Waals surface area contributed by atoms with E-state index >= 15 is 0 Å². The quantitative estimate of drug-likeness (QED) is 0.459. The fraction of sp³-hybridized carbons (Fsp3) is 0.182. The molecule has 0 amide bonds. The standard InChI is InChI=1S/C11H10Cl2O2/c1-2-15-6-5-11(14)9-4-3-8(12)7-10(9)13/h3-7H,2H2,1H3. The largest absolute Gasteiger partial charge is 0.501 e. The molecule has 15 heavy (non-hydrogen) atoms. The molecule has 0 atom stereocenters. The van der Waals surface area contributed by atoms with E-state index in [1.807, 2.05) is 6.92 Å². The van der Waals surface area contributed by atoms with Crippen LogP contribution in [0, 0.1) is 0 Å². The average molecular weight is 245 g/mol. The van der Waals surface area contributed by atoms with Crippen molar-refractivity contribution in [2.24, 2.45) is 0 Å². The Hall–Kier alpha value is -0.990. The van der Waals surface area contributed by atoms with Gasteiger partial charge in [-0.05, 0) is 25.1 Å². The van der Waals surface area contributed by atoms with Crippen LogP contribution in [0.5, 0.6) is 0 Å². The van der Waals surface area contributed by atoms with Gasteiger partial charge in [-0.3, -0.25) is 4.79 Å². The molecule has 0 aliphatic rings. The van der Waals surface area contributed by atoms with Gasteiger partial charge in [-0.25, -0.2) is 0 Å². The Labute approximate surface area is 98.4 Å². The van der Waals surface area contributed by atoms with Gasteiger partial charge in [-0.1, -0.05) is 23.2 Å². The van der Waals surface area contributed by atoms with Gasteiger partial charge in [0.25, 0.3) is 0 Å². The maximum atomic E-state index is 11.6. The van der Waals surface area contributed by atoms with Gasteiger partial charge < -0.3 is 4.74 Å². The Morgan fingerprint density at radius 2 is 2.20 bits per heavy atom. The summed E-state index contributed by atoms with van der Waals surface area (Å²) in [5, 5.41) is 0.846. The second kappa shape index (κ2) is 5.79. The van der Waals surface area contributed by atoms with Crippen LogP contribution >= 0.6 is 23.2 Å². The van der Waals surface area contributed by atoms with Gasteiger partial charge in [-0.2, -0.15) is 0 Å². The molecular weight excluding hydrogens is 235 g/mol. The summed E-state index contributed by atoms with van der Waals surface area (Å²) in [6, 6.07) is 4.74. The van der Waals surface area contributed by atoms with E-state index in [2.05, 4.69) is 0 Å². The zero-order valence-corrected chi connectivity index (χ0v) is 9.68. The van der Waals surface area contributed by atoms with Gasteiger partial charge in [0.15, 0.2) is 5.78 Å². The Balaban J connectivity index is 2.82. The number of hydrogen-bond acceptors (Lipinski definition) is 2. The lowest BCUT2D eigenvalue weighted by Gasteiger charge is -2.00. The number of benzene rings is 1. The lowest BCUT2D eigenvalue weighted by molar-refractivity contribution is 0.104. The summed E-state index contributed by atoms with van der Waals surface area (Å²) in [5.41, 5.74) is 0.414. The number of allylic oxidation sites excluding steroid dienone is 1. The van der Waals surface area contributed by atoms with Crippen molar-refractivity contribution in [3.63, 3.8) is 0 Å². The van der Waals surface area contributed by atoms with E-state index in [1.165, 1.54) is 18.4 Å². The SMILES string of the molecule is CCOC=CC(=O)c1ccc(Cl)cc1Cl. The van der Waals surface area contributed by atoms with Crippen LogP contribution < -0.4 is 0 Å². The van der Waals surface area contributed by atoms with Crippen LogP contribution in [0.15, 0.2) is 30.5 Å². The normalized spacial score (nSPS) is 10.6. The molecule has 1 aromatic carbocycles. The van der Waals surface area contributed by atoms with Crippen molar-refractivity contribution in [1.29, 1.82) is 0 Å². The fourth-order valence-electron chi connectivity index (χ4n) is 0.985. The maximum absolute atomic E-state index is 11.6. The zero-order valence-electron chi connectivity index (χ0n) is 8.17. The number of carbonyl (C=O) groups excluding carboxylic acids is 1. The molecule has 0 N–H and O–H groups in total. The van der Waals surface area contributed by atoms with Crippen LogP contribution in [-0.4, -0.2) is 12.4 Å². The summed E-state index contributed by atoms with van der Waals surface area (Å²) in [6.45, 7) is 2.36. The zero-order chi connectivity index (χ0) is 11.3. The molecule has 0 radical (unpaired) electrons. The molecule has 0 spiro atoms. The minimum atomic E-state index is -0.204. The van der Waals surface area contributed by atoms with E-state index in [0.29, 0.717) is 22.2 Å². The molecule has 0 aromatic heterocycles. The van der Waals surface area contributed by atoms with Gasteiger partial charge >= 0.3 is 0 Å². The van der Waals surface area contributed by atoms with Crippen LogP contribution in [0.2, 0.25) is 10.0 Å². The van der Waals surface area contributed by atoms with Crippen molar-refractivity contribution < 1.29 is 9.53 Å². The second-order valence-electron chi connectivity index (χ2n) is 2.75. The van der Waals surface area contributed by atoms with Crippen molar-refractivity contribution in [1.82, 2.24) is 0 Å². The molecule has 0 fully saturated rings. The third-order valence-corrected chi connectivity index (χ3v) is 2.23. The Kier molecular flexibility index (Phi) is 4.66. The molecule has 0 saturated heterocycles. The van der Waals surface area contributed by atoms with Crippen LogP contribution in [0.4, 0.5) is 0 Å². The molecule has 0 bridgehead atoms. The van der Waals surface area contributed by atoms with E-state index in [9.17, 15) is 4.79 Å². The van der Waals surface area contributed by atoms with Crippen molar-refractivity contribution in [2.45, 2.75) is 6.92 Å². The Bertz CT molecular complexity index is 386. The van der Waals surface area contributed by atoms with Crippen LogP contribution in [0.3, 0.4) is 0 Å². The highest BCUT2D eigenvalue weighted by Gasteiger charge is 2.07. The molecule has 0 saturated carbocycles. The van der Waals surface area contributed by atoms with E-state index in [0.717, 1.165) is 0 Å². The first-order valence-electron chi connectivity index (χ1n) is 4.42. The Morgan fingerprint density at radius 3 is 2.80 bits per heavy atom. The minimum absolute atomic E-state index is 0.204. The highest BCUT2D eigenvalue weighted by Crippen LogP contribution is 2.21. The van der Waals surface area contributed by atoms with Gasteiger partial charge in [0.1, 0.15) is 0 Å². The van der Waals surface area contributed by atoms with Crippen molar-refractivity contribution >= 4 is 29.0 Å². The van der Waals surface area contributed by atoms with Crippen LogP contribution in [0.1, 0.15) is 17.3 Å². The Morgan fingerprint density at radius 1 is 1.47 bits per heavy atom. The molecule has 0 heterocycles. The molecular formula is C11H10Cl2O2. The number of ketones is 1. The molecule has 80 valence electrons. The summed E-state index contributed by atoms with van der Waals surface area (Å²) >= 11 is 11.6. The van der Waals surface area contributed by atoms with Gasteiger partial charge in [-0.15, -0.1) is 0 Å². The molecule has 0 aliphatic carbocycles. The van der Waals surface area contributed by atoms with E-state index in [4.69, 9.17) is 27.9 Å². The van der Waals surface area contributed by atoms with Crippen molar-refractivity contribution in [3.8, 4) is 0 Å². The number of ether oxygens (including phenoxy) is 1. The molecule has 1 aromatic rings. The predicted molar refractivity (Wildman–Crippen MR) is 61.6 cm³/mol. The average Bonchev–Trinajstić information content (AvgIpc) is 2.17. The van der Waals surface area contributed by atoms with Crippen LogP contribution in [-0.2, 0) is 4.74 Å². The first-order chi connectivity index (χ1) is 7.15. The summed E-state index contributed by atoms with van der Waals surface area (Å²) < 4.78 is 4.92. The second-order valence-corrected chi connectivity index (χ2v) is 3.59. The van der Waals surface area contributed by atoms with Crippen molar-refractivity contribution in [3.05, 3.63) is 46.1 Å². The molecule has 0 aliphatic heterocycles. The van der Waals surface area contributed by atoms with Gasteiger partial charge in [0, 0.05) is 16.7 Å². The molecule has 1 rings (SSSR count). The topological polar surface area (TPSA) is 26.3 Å². The monoisotopic (exact) mass is 244 g/mol. The first kappa shape index (κ1) is 12.1. The molecule has 4 heteroatoms. The highest BCUT2D eigenvalue weighted by atomic mass is 35.5. The van der Waals surface area contributed by atoms with Gasteiger partial charge in [0.05, 0.1) is 17.9 Å². The fourth-order valence-corrected chi connectivity index (χ4v) is 1.49. The van der Waals surface area contributed by atoms with E-state index in [-0.39, 0.29) is 5.78 Å². The van der Waals surface area contributed by atoms with Crippen LogP contribution in [0.25, 0.3) is 0 Å². The lowest BCUT2D eigenvalue weighted by Crippen LogP contribution is -1.95. The number of halogens is 2. The number of rotatable bonds is 4. The maximum Gasteiger partial charge on any atom is 0.190 e. The van der Waals surface area contributed by atoms with Gasteiger partial charge in [0.2, 0.25) is 0 Å². The van der Waals surface area contributed by atoms with E-state index in [1.54, 1.807) is 12.1 Å². The van der Waals surface area contributed by atoms with E-state index < -0.39 is 0 Å². The third kappa shape index (κ3) is 3.57.